The van der Waals surface area contributed by atoms with Crippen LogP contribution in [0.3, 0.4) is 0 Å². The minimum absolute atomic E-state index is 0.235. The Morgan fingerprint density at radius 2 is 1.74 bits per heavy atom. The van der Waals surface area contributed by atoms with Crippen molar-refractivity contribution in [2.24, 2.45) is 0 Å². The van der Waals surface area contributed by atoms with Crippen LogP contribution in [0.2, 0.25) is 0 Å². The number of nitrogens with one attached hydrogen (secondary N) is 2. The molecule has 0 saturated carbocycles. The highest BCUT2D eigenvalue weighted by atomic mass is 79.9. The summed E-state index contributed by atoms with van der Waals surface area (Å²) in [6, 6.07) is 11.4. The number of amides is 1. The molecule has 0 bridgehead atoms. The van der Waals surface area contributed by atoms with Gasteiger partial charge >= 0.3 is 0 Å². The molecule has 2 aromatic rings. The molecule has 2 aromatic carbocycles. The van der Waals surface area contributed by atoms with Crippen molar-refractivity contribution in [2.75, 3.05) is 17.7 Å². The first-order valence-electron chi connectivity index (χ1n) is 5.64. The number of carbonyl (C=O) groups is 1. The second-order valence-electron chi connectivity index (χ2n) is 3.91. The molecule has 0 aliphatic rings. The van der Waals surface area contributed by atoms with Crippen LogP contribution in [0.25, 0.3) is 0 Å². The minimum Gasteiger partial charge on any atom is -0.388 e. The fourth-order valence-electron chi connectivity index (χ4n) is 1.57. The summed E-state index contributed by atoms with van der Waals surface area (Å²) >= 11 is 3.08. The van der Waals surface area contributed by atoms with Crippen LogP contribution in [-0.4, -0.2) is 13.0 Å². The van der Waals surface area contributed by atoms with E-state index in [2.05, 4.69) is 26.6 Å². The molecule has 0 unspecified atom stereocenters. The van der Waals surface area contributed by atoms with Crippen LogP contribution in [0.15, 0.2) is 46.9 Å². The maximum absolute atomic E-state index is 13.1. The molecule has 98 valence electrons. The van der Waals surface area contributed by atoms with Crippen LogP contribution in [0.1, 0.15) is 10.4 Å². The van der Waals surface area contributed by atoms with E-state index in [-0.39, 0.29) is 11.7 Å². The topological polar surface area (TPSA) is 41.1 Å². The summed E-state index contributed by atoms with van der Waals surface area (Å²) in [6.45, 7) is 0. The Hall–Kier alpha value is -1.88. The molecule has 0 spiro atoms. The van der Waals surface area contributed by atoms with Crippen molar-refractivity contribution in [1.29, 1.82) is 0 Å². The lowest BCUT2D eigenvalue weighted by molar-refractivity contribution is 0.102. The van der Waals surface area contributed by atoms with E-state index in [0.717, 1.165) is 5.69 Å². The number of anilines is 2. The Labute approximate surface area is 119 Å². The van der Waals surface area contributed by atoms with Crippen LogP contribution >= 0.6 is 15.9 Å². The first-order chi connectivity index (χ1) is 9.10. The quantitative estimate of drug-likeness (QED) is 0.900. The summed E-state index contributed by atoms with van der Waals surface area (Å²) in [5.74, 6) is -0.600. The van der Waals surface area contributed by atoms with E-state index >= 15 is 0 Å². The Bertz CT molecular complexity index is 599. The third-order valence-electron chi connectivity index (χ3n) is 2.61. The highest BCUT2D eigenvalue weighted by Crippen LogP contribution is 2.20. The zero-order valence-electron chi connectivity index (χ0n) is 10.2. The molecule has 0 atom stereocenters. The number of carbonyl (C=O) groups excluding carboxylic acids is 1. The van der Waals surface area contributed by atoms with Gasteiger partial charge in [0.25, 0.3) is 5.91 Å². The van der Waals surface area contributed by atoms with E-state index in [0.29, 0.717) is 15.7 Å². The second kappa shape index (κ2) is 5.84. The maximum atomic E-state index is 13.1. The molecule has 1 amide bonds. The molecule has 2 rings (SSSR count). The zero-order chi connectivity index (χ0) is 13.8. The van der Waals surface area contributed by atoms with E-state index < -0.39 is 0 Å². The first-order valence-corrected chi connectivity index (χ1v) is 6.43. The number of halogens is 2. The Morgan fingerprint density at radius 1 is 1.11 bits per heavy atom. The highest BCUT2D eigenvalue weighted by Gasteiger charge is 2.07. The second-order valence-corrected chi connectivity index (χ2v) is 4.76. The van der Waals surface area contributed by atoms with Crippen LogP contribution in [0.4, 0.5) is 15.8 Å². The van der Waals surface area contributed by atoms with Crippen molar-refractivity contribution in [1.82, 2.24) is 0 Å². The number of rotatable bonds is 3. The molecule has 0 aliphatic carbocycles. The lowest BCUT2D eigenvalue weighted by Gasteiger charge is -2.07. The molecule has 0 aliphatic heterocycles. The van der Waals surface area contributed by atoms with Gasteiger partial charge in [0.1, 0.15) is 5.82 Å². The van der Waals surface area contributed by atoms with Crippen molar-refractivity contribution in [3.05, 3.63) is 58.3 Å². The zero-order valence-corrected chi connectivity index (χ0v) is 11.8. The van der Waals surface area contributed by atoms with E-state index in [1.165, 1.54) is 18.2 Å². The number of benzene rings is 2. The third kappa shape index (κ3) is 3.32. The van der Waals surface area contributed by atoms with Crippen molar-refractivity contribution >= 4 is 33.2 Å². The summed E-state index contributed by atoms with van der Waals surface area (Å²) in [4.78, 5) is 12.0. The van der Waals surface area contributed by atoms with Gasteiger partial charge in [-0.2, -0.15) is 0 Å². The van der Waals surface area contributed by atoms with Crippen molar-refractivity contribution < 1.29 is 9.18 Å². The largest absolute Gasteiger partial charge is 0.388 e. The van der Waals surface area contributed by atoms with Gasteiger partial charge in [0.15, 0.2) is 0 Å². The standard InChI is InChI=1S/C14H12BrFN2O/c1-17-10-4-2-9(3-5-10)14(19)18-11-6-7-13(16)12(15)8-11/h2-8,17H,1H3,(H,18,19). The number of hydrogen-bond donors (Lipinski definition) is 2. The molecule has 3 nitrogen and oxygen atoms in total. The maximum Gasteiger partial charge on any atom is 0.255 e. The first kappa shape index (κ1) is 13.5. The molecule has 0 aromatic heterocycles. The minimum atomic E-state index is -0.364. The molecule has 0 heterocycles. The number of hydrogen-bond acceptors (Lipinski definition) is 2. The summed E-state index contributed by atoms with van der Waals surface area (Å²) in [7, 11) is 1.81. The Kier molecular flexibility index (Phi) is 4.16. The van der Waals surface area contributed by atoms with Gasteiger partial charge in [0.05, 0.1) is 4.47 Å². The van der Waals surface area contributed by atoms with E-state index in [1.54, 1.807) is 12.1 Å². The summed E-state index contributed by atoms with van der Waals surface area (Å²) in [6.07, 6.45) is 0. The van der Waals surface area contributed by atoms with Crippen molar-refractivity contribution in [3.63, 3.8) is 0 Å². The summed E-state index contributed by atoms with van der Waals surface area (Å²) in [5.41, 5.74) is 2.01. The van der Waals surface area contributed by atoms with Gasteiger partial charge in [-0.1, -0.05) is 0 Å². The van der Waals surface area contributed by atoms with E-state index in [4.69, 9.17) is 0 Å². The Balaban J connectivity index is 2.13. The molecule has 2 N–H and O–H groups in total. The summed E-state index contributed by atoms with van der Waals surface area (Å²) in [5, 5.41) is 5.68. The smallest absolute Gasteiger partial charge is 0.255 e. The molecule has 19 heavy (non-hydrogen) atoms. The monoisotopic (exact) mass is 322 g/mol. The molecular formula is C14H12BrFN2O. The summed E-state index contributed by atoms with van der Waals surface area (Å²) < 4.78 is 13.4. The van der Waals surface area contributed by atoms with Gasteiger partial charge in [-0.25, -0.2) is 4.39 Å². The normalized spacial score (nSPS) is 10.1. The van der Waals surface area contributed by atoms with Crippen LogP contribution in [0.5, 0.6) is 0 Å². The lowest BCUT2D eigenvalue weighted by Crippen LogP contribution is -2.11. The van der Waals surface area contributed by atoms with Crippen LogP contribution in [-0.2, 0) is 0 Å². The molecule has 5 heteroatoms. The average molecular weight is 323 g/mol. The average Bonchev–Trinajstić information content (AvgIpc) is 2.43. The fraction of sp³-hybridized carbons (Fsp3) is 0.0714. The SMILES string of the molecule is CNc1ccc(C(=O)Nc2ccc(F)c(Br)c2)cc1. The van der Waals surface area contributed by atoms with Crippen LogP contribution in [0, 0.1) is 5.82 Å². The molecule has 0 saturated heterocycles. The van der Waals surface area contributed by atoms with Crippen LogP contribution < -0.4 is 10.6 Å². The highest BCUT2D eigenvalue weighted by molar-refractivity contribution is 9.10. The fourth-order valence-corrected chi connectivity index (χ4v) is 1.94. The predicted molar refractivity (Wildman–Crippen MR) is 78.0 cm³/mol. The third-order valence-corrected chi connectivity index (χ3v) is 3.22. The molecular weight excluding hydrogens is 311 g/mol. The lowest BCUT2D eigenvalue weighted by atomic mass is 10.2. The molecule has 0 fully saturated rings. The predicted octanol–water partition coefficient (Wildman–Crippen LogP) is 3.88. The van der Waals surface area contributed by atoms with Gasteiger partial charge in [-0.3, -0.25) is 4.79 Å². The van der Waals surface area contributed by atoms with Gasteiger partial charge in [0.2, 0.25) is 0 Å². The van der Waals surface area contributed by atoms with Crippen molar-refractivity contribution in [3.8, 4) is 0 Å². The van der Waals surface area contributed by atoms with Gasteiger partial charge in [-0.15, -0.1) is 0 Å². The van der Waals surface area contributed by atoms with Crippen molar-refractivity contribution in [2.45, 2.75) is 0 Å². The van der Waals surface area contributed by atoms with Gasteiger partial charge in [-0.05, 0) is 58.4 Å². The molecule has 0 radical (unpaired) electrons. The Morgan fingerprint density at radius 3 is 2.32 bits per heavy atom. The van der Waals surface area contributed by atoms with E-state index in [1.807, 2.05) is 19.2 Å². The van der Waals surface area contributed by atoms with Gasteiger partial charge in [0, 0.05) is 24.0 Å². The van der Waals surface area contributed by atoms with E-state index in [9.17, 15) is 9.18 Å². The van der Waals surface area contributed by atoms with Gasteiger partial charge < -0.3 is 10.6 Å².